The van der Waals surface area contributed by atoms with Gasteiger partial charge in [0.15, 0.2) is 0 Å². The Hall–Kier alpha value is -1.26. The summed E-state index contributed by atoms with van der Waals surface area (Å²) in [4.78, 5) is 5.59. The van der Waals surface area contributed by atoms with Gasteiger partial charge in [-0.3, -0.25) is 0 Å². The van der Waals surface area contributed by atoms with Crippen molar-refractivity contribution in [3.8, 4) is 5.75 Å². The van der Waals surface area contributed by atoms with Crippen molar-refractivity contribution >= 4 is 19.2 Å². The Bertz CT molecular complexity index is 623. The normalized spacial score (nSPS) is 13.1. The molecule has 2 aromatic rings. The Morgan fingerprint density at radius 3 is 2.43 bits per heavy atom. The summed E-state index contributed by atoms with van der Waals surface area (Å²) < 4.78 is 6.49. The number of H-pyrrole nitrogens is 1. The van der Waals surface area contributed by atoms with Crippen molar-refractivity contribution in [3.05, 3.63) is 30.0 Å². The van der Waals surface area contributed by atoms with Crippen LogP contribution in [-0.4, -0.2) is 32.3 Å². The molecule has 0 aliphatic carbocycles. The van der Waals surface area contributed by atoms with E-state index >= 15 is 0 Å². The summed E-state index contributed by atoms with van der Waals surface area (Å²) in [5, 5.41) is 1.47. The van der Waals surface area contributed by atoms with E-state index in [0.29, 0.717) is 0 Å². The van der Waals surface area contributed by atoms with E-state index in [-0.39, 0.29) is 5.04 Å². The number of benzene rings is 1. The van der Waals surface area contributed by atoms with Crippen LogP contribution in [0.5, 0.6) is 5.75 Å². The number of nitrogens with zero attached hydrogens (tertiary/aromatic N) is 1. The zero-order valence-corrected chi connectivity index (χ0v) is 15.4. The number of fused-ring (bicyclic) bond motifs is 1. The van der Waals surface area contributed by atoms with Gasteiger partial charge >= 0.3 is 0 Å². The first-order valence-electron chi connectivity index (χ1n) is 7.54. The molecule has 0 aliphatic heterocycles. The molecule has 2 rings (SSSR count). The minimum atomic E-state index is -1.82. The van der Waals surface area contributed by atoms with Crippen LogP contribution in [0.15, 0.2) is 24.4 Å². The highest BCUT2D eigenvalue weighted by molar-refractivity contribution is 6.74. The monoisotopic (exact) mass is 304 g/mol. The molecule has 116 valence electrons. The van der Waals surface area contributed by atoms with Gasteiger partial charge < -0.3 is 14.3 Å². The van der Waals surface area contributed by atoms with Gasteiger partial charge in [-0.1, -0.05) is 32.9 Å². The van der Waals surface area contributed by atoms with Crippen molar-refractivity contribution in [2.24, 2.45) is 0 Å². The largest absolute Gasteiger partial charge is 0.542 e. The van der Waals surface area contributed by atoms with Crippen LogP contribution in [0.3, 0.4) is 0 Å². The number of aromatic amines is 1. The van der Waals surface area contributed by atoms with E-state index in [1.807, 2.05) is 0 Å². The molecule has 1 N–H and O–H groups in total. The third-order valence-electron chi connectivity index (χ3n) is 4.42. The van der Waals surface area contributed by atoms with E-state index in [0.717, 1.165) is 17.8 Å². The van der Waals surface area contributed by atoms with Crippen molar-refractivity contribution < 1.29 is 4.43 Å². The Balaban J connectivity index is 2.40. The summed E-state index contributed by atoms with van der Waals surface area (Å²) in [6, 6.07) is 6.35. The van der Waals surface area contributed by atoms with Crippen LogP contribution < -0.4 is 4.43 Å². The molecule has 0 bridgehead atoms. The van der Waals surface area contributed by atoms with Gasteiger partial charge in [-0.25, -0.2) is 0 Å². The van der Waals surface area contributed by atoms with Crippen molar-refractivity contribution in [1.29, 1.82) is 0 Å². The molecule has 0 aliphatic rings. The average Bonchev–Trinajstić information content (AvgIpc) is 2.71. The van der Waals surface area contributed by atoms with Crippen LogP contribution in [0.1, 0.15) is 26.3 Å². The van der Waals surface area contributed by atoms with E-state index in [2.05, 4.69) is 82.2 Å². The lowest BCUT2D eigenvalue weighted by Gasteiger charge is -2.36. The first-order valence-corrected chi connectivity index (χ1v) is 10.5. The second-order valence-electron chi connectivity index (χ2n) is 7.59. The van der Waals surface area contributed by atoms with E-state index < -0.39 is 8.32 Å². The predicted octanol–water partition coefficient (Wildman–Crippen LogP) is 4.61. The zero-order valence-electron chi connectivity index (χ0n) is 14.4. The van der Waals surface area contributed by atoms with E-state index in [1.165, 1.54) is 10.9 Å². The fourth-order valence-electron chi connectivity index (χ4n) is 2.17. The fourth-order valence-corrected chi connectivity index (χ4v) is 3.20. The molecule has 21 heavy (non-hydrogen) atoms. The lowest BCUT2D eigenvalue weighted by Crippen LogP contribution is -2.43. The topological polar surface area (TPSA) is 28.3 Å². The fraction of sp³-hybridized carbons (Fsp3) is 0.529. The molecule has 4 heteroatoms. The number of rotatable bonds is 4. The number of hydrogen-bond donors (Lipinski definition) is 1. The van der Waals surface area contributed by atoms with Gasteiger partial charge in [-0.15, -0.1) is 0 Å². The quantitative estimate of drug-likeness (QED) is 0.835. The second-order valence-corrected chi connectivity index (χ2v) is 12.3. The Morgan fingerprint density at radius 2 is 1.86 bits per heavy atom. The van der Waals surface area contributed by atoms with Crippen molar-refractivity contribution in [2.45, 2.75) is 45.4 Å². The van der Waals surface area contributed by atoms with E-state index in [1.54, 1.807) is 0 Å². The molecule has 0 spiro atoms. The van der Waals surface area contributed by atoms with Crippen molar-refractivity contribution in [1.82, 2.24) is 9.88 Å². The molecule has 0 unspecified atom stereocenters. The summed E-state index contributed by atoms with van der Waals surface area (Å²) in [5.74, 6) is 0.990. The Labute approximate surface area is 129 Å². The van der Waals surface area contributed by atoms with Crippen LogP contribution in [0.4, 0.5) is 0 Å². The Kier molecular flexibility index (Phi) is 4.22. The molecule has 0 fully saturated rings. The first kappa shape index (κ1) is 16.1. The summed E-state index contributed by atoms with van der Waals surface area (Å²) >= 11 is 0. The molecule has 0 radical (unpaired) electrons. The summed E-state index contributed by atoms with van der Waals surface area (Å²) in [6.45, 7) is 12.3. The van der Waals surface area contributed by atoms with E-state index in [9.17, 15) is 0 Å². The highest BCUT2D eigenvalue weighted by Gasteiger charge is 2.39. The highest BCUT2D eigenvalue weighted by atomic mass is 28.4. The molecule has 0 saturated carbocycles. The van der Waals surface area contributed by atoms with E-state index in [4.69, 9.17) is 4.43 Å². The van der Waals surface area contributed by atoms with Crippen LogP contribution in [0.25, 0.3) is 10.9 Å². The maximum atomic E-state index is 6.49. The third kappa shape index (κ3) is 3.32. The Morgan fingerprint density at radius 1 is 1.19 bits per heavy atom. The van der Waals surface area contributed by atoms with Crippen molar-refractivity contribution in [2.75, 3.05) is 14.1 Å². The van der Waals surface area contributed by atoms with Gasteiger partial charge in [0.05, 0.1) is 5.52 Å². The summed E-state index contributed by atoms with van der Waals surface area (Å²) in [5.41, 5.74) is 2.44. The maximum Gasteiger partial charge on any atom is 0.250 e. The smallest absolute Gasteiger partial charge is 0.250 e. The molecule has 1 aromatic heterocycles. The molecule has 1 aromatic carbocycles. The minimum Gasteiger partial charge on any atom is -0.542 e. The molecular formula is C17H28N2OSi. The highest BCUT2D eigenvalue weighted by Crippen LogP contribution is 2.39. The van der Waals surface area contributed by atoms with Gasteiger partial charge in [0, 0.05) is 18.1 Å². The average molecular weight is 305 g/mol. The summed E-state index contributed by atoms with van der Waals surface area (Å²) in [7, 11) is 2.37. The van der Waals surface area contributed by atoms with Crippen LogP contribution >= 0.6 is 0 Å². The van der Waals surface area contributed by atoms with Gasteiger partial charge in [0.2, 0.25) is 0 Å². The summed E-state index contributed by atoms with van der Waals surface area (Å²) in [6.07, 6.45) is 2.10. The second kappa shape index (κ2) is 5.50. The van der Waals surface area contributed by atoms with Gasteiger partial charge in [-0.2, -0.15) is 0 Å². The molecule has 3 nitrogen and oxygen atoms in total. The zero-order chi connectivity index (χ0) is 15.8. The van der Waals surface area contributed by atoms with Gasteiger partial charge in [0.1, 0.15) is 5.75 Å². The number of para-hydroxylation sites is 1. The van der Waals surface area contributed by atoms with Crippen LogP contribution in [-0.2, 0) is 6.54 Å². The third-order valence-corrected chi connectivity index (χ3v) is 8.76. The molecule has 0 saturated heterocycles. The molecule has 0 atom stereocenters. The predicted molar refractivity (Wildman–Crippen MR) is 93.5 cm³/mol. The number of nitrogens with one attached hydrogen (secondary N) is 1. The van der Waals surface area contributed by atoms with Gasteiger partial charge in [-0.05, 0) is 43.9 Å². The lowest BCUT2D eigenvalue weighted by atomic mass is 10.1. The van der Waals surface area contributed by atoms with Crippen LogP contribution in [0, 0.1) is 0 Å². The molecule has 0 amide bonds. The minimum absolute atomic E-state index is 0.203. The van der Waals surface area contributed by atoms with Crippen molar-refractivity contribution in [3.63, 3.8) is 0 Å². The molecular weight excluding hydrogens is 276 g/mol. The first-order chi connectivity index (χ1) is 9.62. The lowest BCUT2D eigenvalue weighted by molar-refractivity contribution is 0.404. The maximum absolute atomic E-state index is 6.49. The SMILES string of the molecule is CN(C)Cc1c[nH]c2c(O[Si](C)(C)C(C)(C)C)cccc12. The van der Waals surface area contributed by atoms with Gasteiger partial charge in [0.25, 0.3) is 8.32 Å². The molecule has 1 heterocycles. The van der Waals surface area contributed by atoms with Crippen LogP contribution in [0.2, 0.25) is 18.1 Å². The number of hydrogen-bond acceptors (Lipinski definition) is 2. The standard InChI is InChI=1S/C17H28N2OSi/c1-17(2,3)21(6,7)20-15-10-8-9-14-13(12-19(4)5)11-18-16(14)15/h8-11,18H,12H2,1-7H3. The number of aromatic nitrogens is 1.